The molecule has 3 N–H and O–H groups in total. The highest BCUT2D eigenvalue weighted by Crippen LogP contribution is 2.46. The molecule has 3 aliphatic rings. The number of rotatable bonds is 7. The van der Waals surface area contributed by atoms with Crippen LogP contribution in [0.5, 0.6) is 5.88 Å². The Bertz CT molecular complexity index is 2350. The van der Waals surface area contributed by atoms with Crippen molar-refractivity contribution in [1.29, 1.82) is 0 Å². The van der Waals surface area contributed by atoms with E-state index in [1.807, 2.05) is 46.5 Å². The molecule has 1 unspecified atom stereocenters. The number of sulfonamides is 1. The first kappa shape index (κ1) is 40.8. The fourth-order valence-electron chi connectivity index (χ4n) is 7.34. The highest BCUT2D eigenvalue weighted by atomic mass is 32.2. The van der Waals surface area contributed by atoms with E-state index in [1.165, 1.54) is 28.4 Å². The maximum absolute atomic E-state index is 14.6. The molecule has 1 saturated heterocycles. The number of ether oxygens (including phenoxy) is 2. The maximum atomic E-state index is 14.6. The first-order chi connectivity index (χ1) is 27.6. The zero-order valence-corrected chi connectivity index (χ0v) is 33.9. The van der Waals surface area contributed by atoms with Crippen molar-refractivity contribution < 1.29 is 41.5 Å². The van der Waals surface area contributed by atoms with Crippen molar-refractivity contribution in [2.24, 2.45) is 5.92 Å². The number of para-hydroxylation sites is 2. The summed E-state index contributed by atoms with van der Waals surface area (Å²) in [6.45, 7) is 5.03. The highest BCUT2D eigenvalue weighted by molar-refractivity contribution is 7.90. The Morgan fingerprint density at radius 3 is 2.47 bits per heavy atom. The second kappa shape index (κ2) is 16.4. The summed E-state index contributed by atoms with van der Waals surface area (Å²) in [5, 5.41) is 7.42. The Morgan fingerprint density at radius 1 is 1.00 bits per heavy atom. The molecule has 0 bridgehead atoms. The topological polar surface area (TPSA) is 186 Å². The molecule has 2 aliphatic heterocycles. The summed E-state index contributed by atoms with van der Waals surface area (Å²) in [5.41, 5.74) is -0.851. The number of nitrogens with zero attached hydrogens (tertiary/aromatic N) is 3. The zero-order valence-electron chi connectivity index (χ0n) is 32.3. The largest absolute Gasteiger partial charge is 0.471 e. The lowest BCUT2D eigenvalue weighted by atomic mass is 10.0. The lowest BCUT2D eigenvalue weighted by Gasteiger charge is -2.30. The van der Waals surface area contributed by atoms with Gasteiger partial charge in [0.1, 0.15) is 45.7 Å². The van der Waals surface area contributed by atoms with Gasteiger partial charge in [-0.15, -0.1) is 11.3 Å². The Kier molecular flexibility index (Phi) is 11.6. The SMILES string of the molecule is CC(C)(C)OC(=O)N[C@@H]1CCCCC/C=C/C2C[C@@]2(C(=O)NS(=O)(=O)c2ccccc2F)NC(=O)[C@@H]2C[C@@H](Oc3nc4ccccc4nc3-c3cccs3)CN2C1=O. The Hall–Kier alpha value is -5.42. The standard InChI is InChI=1S/C41H45FN6O8S2/c1-40(2,3)56-39(52)45-30-18-8-6-4-5-7-14-25-23-41(25,38(51)47-58(53,54)33-20-12-9-15-27(33)42)46-35(49)31-22-26(24-48(31)37(30)50)55-36-34(32-19-13-21-57-32)43-28-16-10-11-17-29(28)44-36/h7,9-17,19-21,25-26,30-31H,4-6,8,18,22-24H2,1-3H3,(H,45,52)(H,46,49)(H,47,51)/b14-7+/t25?,26-,30-,31+,41-/m1/s1. The summed E-state index contributed by atoms with van der Waals surface area (Å²) < 4.78 is 55.2. The van der Waals surface area contributed by atoms with Crippen molar-refractivity contribution >= 4 is 56.2 Å². The fourth-order valence-corrected chi connectivity index (χ4v) is 9.17. The molecule has 2 aromatic heterocycles. The van der Waals surface area contributed by atoms with E-state index >= 15 is 0 Å². The molecular formula is C41H45FN6O8S2. The number of halogens is 1. The number of benzene rings is 2. The zero-order chi connectivity index (χ0) is 41.2. The minimum Gasteiger partial charge on any atom is -0.471 e. The Morgan fingerprint density at radius 2 is 1.74 bits per heavy atom. The summed E-state index contributed by atoms with van der Waals surface area (Å²) in [6.07, 6.45) is 4.98. The van der Waals surface area contributed by atoms with Crippen LogP contribution in [0.1, 0.15) is 65.7 Å². The monoisotopic (exact) mass is 832 g/mol. The van der Waals surface area contributed by atoms with Gasteiger partial charge >= 0.3 is 6.09 Å². The number of thiophene rings is 1. The van der Waals surface area contributed by atoms with E-state index in [1.54, 1.807) is 32.9 Å². The predicted octanol–water partition coefficient (Wildman–Crippen LogP) is 5.64. The smallest absolute Gasteiger partial charge is 0.408 e. The first-order valence-corrected chi connectivity index (χ1v) is 21.6. The van der Waals surface area contributed by atoms with Crippen LogP contribution in [-0.2, 0) is 29.1 Å². The Balaban J connectivity index is 1.22. The van der Waals surface area contributed by atoms with Gasteiger partial charge in [-0.3, -0.25) is 14.4 Å². The highest BCUT2D eigenvalue weighted by Gasteiger charge is 2.62. The summed E-state index contributed by atoms with van der Waals surface area (Å²) in [4.78, 5) is 67.2. The van der Waals surface area contributed by atoms with Crippen LogP contribution in [0.4, 0.5) is 9.18 Å². The minimum atomic E-state index is -4.67. The van der Waals surface area contributed by atoms with Crippen LogP contribution in [0.25, 0.3) is 21.6 Å². The third-order valence-corrected chi connectivity index (χ3v) is 12.5. The van der Waals surface area contributed by atoms with Gasteiger partial charge in [0.05, 0.1) is 22.5 Å². The van der Waals surface area contributed by atoms with Crippen LogP contribution in [0.15, 0.2) is 83.1 Å². The summed E-state index contributed by atoms with van der Waals surface area (Å²) >= 11 is 1.45. The number of carbonyl (C=O) groups excluding carboxylic acids is 4. The van der Waals surface area contributed by atoms with Gasteiger partial charge in [0.15, 0.2) is 0 Å². The van der Waals surface area contributed by atoms with Crippen molar-refractivity contribution in [1.82, 2.24) is 30.2 Å². The molecule has 2 aromatic carbocycles. The molecule has 4 heterocycles. The van der Waals surface area contributed by atoms with Gasteiger partial charge in [-0.2, -0.15) is 0 Å². The molecule has 17 heteroatoms. The number of hydrogen-bond donors (Lipinski definition) is 3. The van der Waals surface area contributed by atoms with Crippen LogP contribution in [0.3, 0.4) is 0 Å². The second-order valence-corrected chi connectivity index (χ2v) is 18.3. The van der Waals surface area contributed by atoms with Crippen molar-refractivity contribution in [2.45, 2.75) is 99.9 Å². The van der Waals surface area contributed by atoms with Crippen molar-refractivity contribution in [3.8, 4) is 16.5 Å². The molecule has 0 spiro atoms. The van der Waals surface area contributed by atoms with E-state index in [9.17, 15) is 32.0 Å². The molecule has 14 nitrogen and oxygen atoms in total. The van der Waals surface area contributed by atoms with Crippen LogP contribution in [0.2, 0.25) is 0 Å². The average Bonchev–Trinajstić information content (AvgIpc) is 3.46. The summed E-state index contributed by atoms with van der Waals surface area (Å²) in [5.74, 6) is -3.76. The molecule has 5 atom stereocenters. The predicted molar refractivity (Wildman–Crippen MR) is 213 cm³/mol. The second-order valence-electron chi connectivity index (χ2n) is 15.7. The van der Waals surface area contributed by atoms with Crippen LogP contribution >= 0.6 is 11.3 Å². The summed E-state index contributed by atoms with van der Waals surface area (Å²) in [7, 11) is -4.67. The number of nitrogens with one attached hydrogen (secondary N) is 3. The van der Waals surface area contributed by atoms with E-state index in [0.29, 0.717) is 36.0 Å². The van der Waals surface area contributed by atoms with Gasteiger partial charge in [0.2, 0.25) is 17.7 Å². The van der Waals surface area contributed by atoms with E-state index in [2.05, 4.69) is 10.6 Å². The van der Waals surface area contributed by atoms with Crippen molar-refractivity contribution in [3.63, 3.8) is 0 Å². The Labute approximate surface area is 339 Å². The van der Waals surface area contributed by atoms with Gasteiger partial charge in [-0.1, -0.05) is 55.3 Å². The molecular weight excluding hydrogens is 788 g/mol. The number of carbonyl (C=O) groups is 4. The molecule has 1 aliphatic carbocycles. The van der Waals surface area contributed by atoms with Crippen molar-refractivity contribution in [2.75, 3.05) is 6.54 Å². The van der Waals surface area contributed by atoms with Crippen LogP contribution in [-0.4, -0.2) is 83.0 Å². The van der Waals surface area contributed by atoms with E-state index in [4.69, 9.17) is 19.4 Å². The number of aromatic nitrogens is 2. The number of allylic oxidation sites excluding steroid dienone is 1. The number of hydrogen-bond acceptors (Lipinski definition) is 11. The van der Waals surface area contributed by atoms with Crippen molar-refractivity contribution in [3.05, 3.63) is 84.0 Å². The maximum Gasteiger partial charge on any atom is 0.408 e. The molecule has 306 valence electrons. The lowest BCUT2D eigenvalue weighted by Crippen LogP contribution is -2.58. The third kappa shape index (κ3) is 8.99. The minimum absolute atomic E-state index is 0.0408. The van der Waals surface area contributed by atoms with Crippen LogP contribution in [0, 0.1) is 11.7 Å². The van der Waals surface area contributed by atoms with Gasteiger partial charge in [-0.05, 0) is 82.2 Å². The normalized spacial score (nSPS) is 24.7. The third-order valence-electron chi connectivity index (χ3n) is 10.3. The van der Waals surface area contributed by atoms with Crippen LogP contribution < -0.4 is 20.1 Å². The number of amides is 4. The van der Waals surface area contributed by atoms with Gasteiger partial charge in [-0.25, -0.2) is 32.3 Å². The lowest BCUT2D eigenvalue weighted by molar-refractivity contribution is -0.141. The molecule has 58 heavy (non-hydrogen) atoms. The average molecular weight is 833 g/mol. The fraction of sp³-hybridized carbons (Fsp3) is 0.415. The molecule has 2 fully saturated rings. The quantitative estimate of drug-likeness (QED) is 0.197. The molecule has 4 amide bonds. The number of alkyl carbamates (subject to hydrolysis) is 1. The molecule has 4 aromatic rings. The summed E-state index contributed by atoms with van der Waals surface area (Å²) in [6, 6.07) is 13.5. The van der Waals surface area contributed by atoms with Gasteiger partial charge in [0.25, 0.3) is 15.9 Å². The first-order valence-electron chi connectivity index (χ1n) is 19.2. The number of fused-ring (bicyclic) bond motifs is 3. The molecule has 1 saturated carbocycles. The van der Waals surface area contributed by atoms with Gasteiger partial charge < -0.3 is 25.0 Å². The van der Waals surface area contributed by atoms with E-state index in [0.717, 1.165) is 23.4 Å². The van der Waals surface area contributed by atoms with E-state index in [-0.39, 0.29) is 31.7 Å². The van der Waals surface area contributed by atoms with Gasteiger partial charge in [0, 0.05) is 12.3 Å². The molecule has 7 rings (SSSR count). The van der Waals surface area contributed by atoms with E-state index < -0.39 is 79.8 Å². The molecule has 0 radical (unpaired) electrons.